The minimum absolute atomic E-state index is 0.0784. The van der Waals surface area contributed by atoms with Gasteiger partial charge in [-0.05, 0) is 37.7 Å². The molecule has 0 aliphatic carbocycles. The predicted octanol–water partition coefficient (Wildman–Crippen LogP) is 0.996. The van der Waals surface area contributed by atoms with Gasteiger partial charge in [-0.25, -0.2) is 23.2 Å². The quantitative estimate of drug-likeness (QED) is 0.477. The van der Waals surface area contributed by atoms with Crippen molar-refractivity contribution < 1.29 is 13.2 Å². The van der Waals surface area contributed by atoms with Gasteiger partial charge in [-0.3, -0.25) is 9.59 Å². The molecule has 2 N–H and O–H groups in total. The Labute approximate surface area is 167 Å². The van der Waals surface area contributed by atoms with Crippen LogP contribution in [0, 0.1) is 0 Å². The van der Waals surface area contributed by atoms with Gasteiger partial charge in [0.1, 0.15) is 0 Å². The molecule has 0 bridgehead atoms. The third-order valence-corrected chi connectivity index (χ3v) is 5.78. The highest BCUT2D eigenvalue weighted by atomic mass is 32.2. The lowest BCUT2D eigenvalue weighted by Crippen LogP contribution is -2.27. The largest absolute Gasteiger partial charge is 0.292 e. The number of carbonyl (C=O) groups is 1. The fraction of sp³-hybridized carbons (Fsp3) is 0.158. The second-order valence-electron chi connectivity index (χ2n) is 6.19. The zero-order chi connectivity index (χ0) is 21.2. The molecule has 1 amide bonds. The summed E-state index contributed by atoms with van der Waals surface area (Å²) in [4.78, 5) is 24.9. The molecule has 0 radical (unpaired) electrons. The number of amides is 1. The van der Waals surface area contributed by atoms with Gasteiger partial charge in [0.15, 0.2) is 5.69 Å². The molecular weight excluding hydrogens is 394 g/mol. The van der Waals surface area contributed by atoms with Crippen molar-refractivity contribution >= 4 is 32.4 Å². The standard InChI is InChI=1S/C19H19N5O4S/c1-12(13-8-10-14(11-9-13)29(27,28)20-2)21-22-18(25)17-15-6-4-5-7-16(15)19(26)24(3)23-17/h4-11,20H,1-3H3,(H,22,25)/b21-12+. The van der Waals surface area contributed by atoms with E-state index >= 15 is 0 Å². The van der Waals surface area contributed by atoms with Crippen LogP contribution in [-0.2, 0) is 17.1 Å². The van der Waals surface area contributed by atoms with Gasteiger partial charge >= 0.3 is 0 Å². The Bertz CT molecular complexity index is 1280. The van der Waals surface area contributed by atoms with Crippen molar-refractivity contribution in [3.63, 3.8) is 0 Å². The number of nitrogens with zero attached hydrogens (tertiary/aromatic N) is 3. The number of benzene rings is 2. The van der Waals surface area contributed by atoms with Crippen molar-refractivity contribution in [1.82, 2.24) is 19.9 Å². The van der Waals surface area contributed by atoms with Gasteiger partial charge in [0.05, 0.1) is 16.0 Å². The number of aryl methyl sites for hydroxylation is 1. The van der Waals surface area contributed by atoms with Crippen LogP contribution in [0.4, 0.5) is 0 Å². The molecule has 0 saturated carbocycles. The summed E-state index contributed by atoms with van der Waals surface area (Å²) >= 11 is 0. The van der Waals surface area contributed by atoms with E-state index in [1.807, 2.05) is 0 Å². The molecule has 0 saturated heterocycles. The molecule has 0 fully saturated rings. The second-order valence-corrected chi connectivity index (χ2v) is 8.08. The van der Waals surface area contributed by atoms with Crippen LogP contribution in [0.3, 0.4) is 0 Å². The molecule has 0 atom stereocenters. The van der Waals surface area contributed by atoms with E-state index in [-0.39, 0.29) is 16.1 Å². The molecule has 1 heterocycles. The smallest absolute Gasteiger partial charge is 0.267 e. The maximum atomic E-state index is 12.6. The molecule has 150 valence electrons. The van der Waals surface area contributed by atoms with Crippen LogP contribution in [0.25, 0.3) is 10.8 Å². The third kappa shape index (κ3) is 4.08. The van der Waals surface area contributed by atoms with Crippen LogP contribution < -0.4 is 15.7 Å². The molecule has 3 aromatic rings. The molecule has 0 aliphatic rings. The molecule has 2 aromatic carbocycles. The fourth-order valence-electron chi connectivity index (χ4n) is 2.71. The molecule has 1 aromatic heterocycles. The molecule has 29 heavy (non-hydrogen) atoms. The van der Waals surface area contributed by atoms with Crippen LogP contribution >= 0.6 is 0 Å². The topological polar surface area (TPSA) is 123 Å². The SMILES string of the molecule is CNS(=O)(=O)c1ccc(/C(C)=N/NC(=O)c2nn(C)c(=O)c3ccccc23)cc1. The molecule has 0 spiro atoms. The van der Waals surface area contributed by atoms with Crippen molar-refractivity contribution in [2.24, 2.45) is 12.1 Å². The number of sulfonamides is 1. The Morgan fingerprint density at radius 3 is 2.31 bits per heavy atom. The highest BCUT2D eigenvalue weighted by Crippen LogP contribution is 2.13. The maximum Gasteiger partial charge on any atom is 0.292 e. The van der Waals surface area contributed by atoms with Crippen LogP contribution in [0.1, 0.15) is 23.0 Å². The zero-order valence-corrected chi connectivity index (χ0v) is 16.8. The summed E-state index contributed by atoms with van der Waals surface area (Å²) in [7, 11) is -0.718. The van der Waals surface area contributed by atoms with E-state index in [0.29, 0.717) is 22.0 Å². The number of aromatic nitrogens is 2. The highest BCUT2D eigenvalue weighted by molar-refractivity contribution is 7.89. The van der Waals surface area contributed by atoms with Gasteiger partial charge in [-0.1, -0.05) is 30.3 Å². The Kier molecular flexibility index (Phi) is 5.57. The number of nitrogens with one attached hydrogen (secondary N) is 2. The minimum atomic E-state index is -3.53. The zero-order valence-electron chi connectivity index (χ0n) is 16.0. The molecular formula is C19H19N5O4S. The lowest BCUT2D eigenvalue weighted by molar-refractivity contribution is 0.0949. The van der Waals surface area contributed by atoms with Crippen LogP contribution in [0.2, 0.25) is 0 Å². The predicted molar refractivity (Wildman–Crippen MR) is 109 cm³/mol. The van der Waals surface area contributed by atoms with Gasteiger partial charge in [0.25, 0.3) is 11.5 Å². The summed E-state index contributed by atoms with van der Waals surface area (Å²) in [6.45, 7) is 1.67. The molecule has 0 aliphatic heterocycles. The van der Waals surface area contributed by atoms with E-state index in [1.165, 1.54) is 26.2 Å². The van der Waals surface area contributed by atoms with E-state index in [1.54, 1.807) is 43.3 Å². The number of hydrogen-bond acceptors (Lipinski definition) is 6. The summed E-state index contributed by atoms with van der Waals surface area (Å²) in [5, 5.41) is 8.93. The van der Waals surface area contributed by atoms with E-state index < -0.39 is 15.9 Å². The number of carbonyl (C=O) groups excluding carboxylic acids is 1. The lowest BCUT2D eigenvalue weighted by Gasteiger charge is -2.08. The Morgan fingerprint density at radius 2 is 1.69 bits per heavy atom. The Balaban J connectivity index is 1.87. The first kappa shape index (κ1) is 20.4. The summed E-state index contributed by atoms with van der Waals surface area (Å²) in [6.07, 6.45) is 0. The number of rotatable bonds is 5. The van der Waals surface area contributed by atoms with Gasteiger partial charge in [-0.2, -0.15) is 10.2 Å². The molecule has 0 unspecified atom stereocenters. The second kappa shape index (κ2) is 7.94. The van der Waals surface area contributed by atoms with Gasteiger partial charge in [0.2, 0.25) is 10.0 Å². The normalized spacial score (nSPS) is 12.2. The van der Waals surface area contributed by atoms with Crippen molar-refractivity contribution in [3.8, 4) is 0 Å². The monoisotopic (exact) mass is 413 g/mol. The van der Waals surface area contributed by atoms with Gasteiger partial charge in [0, 0.05) is 12.4 Å². The highest BCUT2D eigenvalue weighted by Gasteiger charge is 2.15. The van der Waals surface area contributed by atoms with Crippen LogP contribution in [0.5, 0.6) is 0 Å². The molecule has 10 heteroatoms. The fourth-order valence-corrected chi connectivity index (χ4v) is 3.44. The maximum absolute atomic E-state index is 12.6. The summed E-state index contributed by atoms with van der Waals surface area (Å²) in [5.74, 6) is -0.564. The molecule has 9 nitrogen and oxygen atoms in total. The van der Waals surface area contributed by atoms with Crippen LogP contribution in [0.15, 0.2) is 63.3 Å². The Morgan fingerprint density at radius 1 is 1.07 bits per heavy atom. The first-order valence-corrected chi connectivity index (χ1v) is 10.1. The third-order valence-electron chi connectivity index (χ3n) is 4.35. The van der Waals surface area contributed by atoms with E-state index in [4.69, 9.17) is 0 Å². The number of hydrazone groups is 1. The average molecular weight is 413 g/mol. The summed E-state index contributed by atoms with van der Waals surface area (Å²) < 4.78 is 26.9. The van der Waals surface area contributed by atoms with Crippen molar-refractivity contribution in [3.05, 3.63) is 70.1 Å². The number of fused-ring (bicyclic) bond motifs is 1. The lowest BCUT2D eigenvalue weighted by atomic mass is 10.1. The average Bonchev–Trinajstić information content (AvgIpc) is 2.74. The van der Waals surface area contributed by atoms with Crippen molar-refractivity contribution in [1.29, 1.82) is 0 Å². The Hall–Kier alpha value is -3.37. The first-order valence-electron chi connectivity index (χ1n) is 8.59. The minimum Gasteiger partial charge on any atom is -0.267 e. The molecule has 3 rings (SSSR count). The number of hydrogen-bond donors (Lipinski definition) is 2. The van der Waals surface area contributed by atoms with E-state index in [0.717, 1.165) is 4.68 Å². The van der Waals surface area contributed by atoms with Crippen molar-refractivity contribution in [2.75, 3.05) is 7.05 Å². The van der Waals surface area contributed by atoms with Gasteiger partial charge in [-0.15, -0.1) is 0 Å². The van der Waals surface area contributed by atoms with Gasteiger partial charge < -0.3 is 0 Å². The summed E-state index contributed by atoms with van der Waals surface area (Å²) in [6, 6.07) is 12.8. The van der Waals surface area contributed by atoms with E-state index in [2.05, 4.69) is 20.3 Å². The van der Waals surface area contributed by atoms with Crippen molar-refractivity contribution in [2.45, 2.75) is 11.8 Å². The van der Waals surface area contributed by atoms with E-state index in [9.17, 15) is 18.0 Å². The van der Waals surface area contributed by atoms with Crippen LogP contribution in [-0.4, -0.2) is 36.9 Å². The first-order chi connectivity index (χ1) is 13.7. The summed E-state index contributed by atoms with van der Waals surface area (Å²) in [5.41, 5.74) is 3.32.